The Labute approximate surface area is 76.2 Å². The van der Waals surface area contributed by atoms with Gasteiger partial charge in [0.15, 0.2) is 0 Å². The third-order valence-corrected chi connectivity index (χ3v) is 1.50. The highest BCUT2D eigenvalue weighted by atomic mass is 19.1. The summed E-state index contributed by atoms with van der Waals surface area (Å²) >= 11 is 0. The molecule has 76 valence electrons. The summed E-state index contributed by atoms with van der Waals surface area (Å²) in [5.74, 6) is -1.13. The number of rotatable bonds is 5. The molecule has 0 aromatic rings. The first kappa shape index (κ1) is 12.1. The molecule has 0 aliphatic heterocycles. The highest BCUT2D eigenvalue weighted by molar-refractivity contribution is 5.75. The second-order valence-electron chi connectivity index (χ2n) is 2.52. The molecule has 0 radical (unpaired) electrons. The average molecular weight is 191 g/mol. The number of nitrogens with two attached hydrogens (primary N) is 1. The maximum Gasteiger partial charge on any atom is 0.322 e. The number of aliphatic hydroxyl groups is 1. The van der Waals surface area contributed by atoms with Crippen molar-refractivity contribution in [1.82, 2.24) is 0 Å². The van der Waals surface area contributed by atoms with Crippen molar-refractivity contribution in [3.63, 3.8) is 0 Å². The molecule has 0 aliphatic carbocycles. The lowest BCUT2D eigenvalue weighted by Gasteiger charge is -2.06. The second kappa shape index (κ2) is 6.56. The highest BCUT2D eigenvalue weighted by Gasteiger charge is 2.11. The molecule has 1 atom stereocenters. The molecular weight excluding hydrogens is 177 g/mol. The van der Waals surface area contributed by atoms with E-state index in [0.29, 0.717) is 12.8 Å². The zero-order chi connectivity index (χ0) is 10.3. The minimum Gasteiger partial charge on any atom is -0.468 e. The van der Waals surface area contributed by atoms with Gasteiger partial charge in [0.25, 0.3) is 0 Å². The number of aliphatic hydroxyl groups excluding tert-OH is 1. The summed E-state index contributed by atoms with van der Waals surface area (Å²) in [6.07, 6.45) is 1.81. The van der Waals surface area contributed by atoms with Gasteiger partial charge in [-0.05, 0) is 12.8 Å². The Morgan fingerprint density at radius 3 is 2.85 bits per heavy atom. The maximum atomic E-state index is 12.3. The van der Waals surface area contributed by atoms with Gasteiger partial charge in [-0.15, -0.1) is 0 Å². The Bertz CT molecular complexity index is 194. The third-order valence-electron chi connectivity index (χ3n) is 1.50. The van der Waals surface area contributed by atoms with Gasteiger partial charge in [0.05, 0.1) is 13.7 Å². The van der Waals surface area contributed by atoms with Crippen molar-refractivity contribution in [2.24, 2.45) is 5.73 Å². The van der Waals surface area contributed by atoms with E-state index in [0.717, 1.165) is 0 Å². The van der Waals surface area contributed by atoms with Gasteiger partial charge in [0.2, 0.25) is 0 Å². The van der Waals surface area contributed by atoms with Crippen LogP contribution in [0.3, 0.4) is 0 Å². The van der Waals surface area contributed by atoms with Crippen LogP contribution in [0.5, 0.6) is 0 Å². The van der Waals surface area contributed by atoms with Gasteiger partial charge in [0.1, 0.15) is 11.9 Å². The maximum absolute atomic E-state index is 12.3. The summed E-state index contributed by atoms with van der Waals surface area (Å²) in [6, 6.07) is -0.729. The molecule has 3 N–H and O–H groups in total. The topological polar surface area (TPSA) is 72.5 Å². The van der Waals surface area contributed by atoms with Crippen LogP contribution in [0.1, 0.15) is 12.8 Å². The first-order chi connectivity index (χ1) is 6.11. The van der Waals surface area contributed by atoms with Gasteiger partial charge in [-0.2, -0.15) is 0 Å². The predicted octanol–water partition coefficient (Wildman–Crippen LogP) is 0.113. The molecule has 0 saturated heterocycles. The molecule has 0 aromatic carbocycles. The van der Waals surface area contributed by atoms with Crippen LogP contribution >= 0.6 is 0 Å². The Morgan fingerprint density at radius 2 is 2.38 bits per heavy atom. The molecule has 13 heavy (non-hydrogen) atoms. The van der Waals surface area contributed by atoms with Crippen molar-refractivity contribution in [2.45, 2.75) is 18.9 Å². The summed E-state index contributed by atoms with van der Waals surface area (Å²) in [6.45, 7) is -0.618. The van der Waals surface area contributed by atoms with Crippen molar-refractivity contribution < 1.29 is 19.0 Å². The van der Waals surface area contributed by atoms with E-state index in [9.17, 15) is 9.18 Å². The number of allylic oxidation sites excluding steroid dienone is 1. The van der Waals surface area contributed by atoms with Crippen molar-refractivity contribution >= 4 is 5.97 Å². The summed E-state index contributed by atoms with van der Waals surface area (Å²) < 4.78 is 16.7. The standard InChI is InChI=1S/C8H14FNO3/c1-13-8(12)7(10)4-2-3-6(9)5-11/h3,7,11H,2,4-5,10H2,1H3/b6-3+/t7-/m1/s1. The van der Waals surface area contributed by atoms with Crippen LogP contribution in [0.15, 0.2) is 11.9 Å². The smallest absolute Gasteiger partial charge is 0.322 e. The van der Waals surface area contributed by atoms with E-state index < -0.39 is 24.4 Å². The summed E-state index contributed by atoms with van der Waals surface area (Å²) in [7, 11) is 1.24. The molecule has 0 amide bonds. The highest BCUT2D eigenvalue weighted by Crippen LogP contribution is 2.02. The Morgan fingerprint density at radius 1 is 1.77 bits per heavy atom. The lowest BCUT2D eigenvalue weighted by atomic mass is 10.1. The monoisotopic (exact) mass is 191 g/mol. The first-order valence-corrected chi connectivity index (χ1v) is 3.90. The van der Waals surface area contributed by atoms with Gasteiger partial charge in [-0.3, -0.25) is 4.79 Å². The van der Waals surface area contributed by atoms with Crippen LogP contribution in [0.4, 0.5) is 4.39 Å². The van der Waals surface area contributed by atoms with Crippen molar-refractivity contribution in [1.29, 1.82) is 0 Å². The molecule has 0 aromatic heterocycles. The fourth-order valence-electron chi connectivity index (χ4n) is 0.753. The molecule has 0 fully saturated rings. The fraction of sp³-hybridized carbons (Fsp3) is 0.625. The average Bonchev–Trinajstić information content (AvgIpc) is 2.15. The SMILES string of the molecule is COC(=O)[C@H](N)CC/C=C(/F)CO. The van der Waals surface area contributed by atoms with Crippen LogP contribution in [-0.4, -0.2) is 30.8 Å². The fourth-order valence-corrected chi connectivity index (χ4v) is 0.753. The number of hydrogen-bond donors (Lipinski definition) is 2. The van der Waals surface area contributed by atoms with E-state index in [4.69, 9.17) is 10.8 Å². The molecule has 0 aliphatic rings. The number of carbonyl (C=O) groups excluding carboxylic acids is 1. The van der Waals surface area contributed by atoms with Gasteiger partial charge >= 0.3 is 5.97 Å². The van der Waals surface area contributed by atoms with Crippen LogP contribution in [0.2, 0.25) is 0 Å². The number of carbonyl (C=O) groups is 1. The molecular formula is C8H14FNO3. The lowest BCUT2D eigenvalue weighted by Crippen LogP contribution is -2.31. The van der Waals surface area contributed by atoms with E-state index in [2.05, 4.69) is 4.74 Å². The molecule has 0 unspecified atom stereocenters. The molecule has 0 saturated carbocycles. The van der Waals surface area contributed by atoms with Crippen molar-refractivity contribution in [2.75, 3.05) is 13.7 Å². The van der Waals surface area contributed by atoms with Crippen LogP contribution < -0.4 is 5.73 Å². The quantitative estimate of drug-likeness (QED) is 0.605. The van der Waals surface area contributed by atoms with Gasteiger partial charge in [-0.1, -0.05) is 6.08 Å². The predicted molar refractivity (Wildman–Crippen MR) is 45.5 cm³/mol. The van der Waals surface area contributed by atoms with Crippen molar-refractivity contribution in [3.8, 4) is 0 Å². The Kier molecular flexibility index (Phi) is 6.09. The summed E-state index contributed by atoms with van der Waals surface area (Å²) in [4.78, 5) is 10.7. The summed E-state index contributed by atoms with van der Waals surface area (Å²) in [5.41, 5.74) is 5.37. The second-order valence-corrected chi connectivity index (χ2v) is 2.52. The lowest BCUT2D eigenvalue weighted by molar-refractivity contribution is -0.142. The van der Waals surface area contributed by atoms with Crippen LogP contribution in [0, 0.1) is 0 Å². The van der Waals surface area contributed by atoms with E-state index in [1.165, 1.54) is 13.2 Å². The minimum atomic E-state index is -0.729. The largest absolute Gasteiger partial charge is 0.468 e. The number of halogens is 1. The van der Waals surface area contributed by atoms with Gasteiger partial charge in [-0.25, -0.2) is 4.39 Å². The molecule has 0 rings (SSSR count). The van der Waals surface area contributed by atoms with Crippen LogP contribution in [-0.2, 0) is 9.53 Å². The van der Waals surface area contributed by atoms with E-state index >= 15 is 0 Å². The molecule has 0 heterocycles. The zero-order valence-corrected chi connectivity index (χ0v) is 7.50. The minimum absolute atomic E-state index is 0.306. The molecule has 0 spiro atoms. The Balaban J connectivity index is 3.70. The van der Waals surface area contributed by atoms with Crippen molar-refractivity contribution in [3.05, 3.63) is 11.9 Å². The number of ether oxygens (including phenoxy) is 1. The summed E-state index contributed by atoms with van der Waals surface area (Å²) in [5, 5.41) is 8.29. The normalized spacial score (nSPS) is 14.0. The third kappa shape index (κ3) is 5.32. The molecule has 5 heteroatoms. The van der Waals surface area contributed by atoms with Crippen LogP contribution in [0.25, 0.3) is 0 Å². The van der Waals surface area contributed by atoms with E-state index in [-0.39, 0.29) is 0 Å². The number of methoxy groups -OCH3 is 1. The Hall–Kier alpha value is -0.940. The number of hydrogen-bond acceptors (Lipinski definition) is 4. The van der Waals surface area contributed by atoms with E-state index in [1.54, 1.807) is 0 Å². The number of esters is 1. The van der Waals surface area contributed by atoms with Gasteiger partial charge in [0, 0.05) is 0 Å². The molecule has 0 bridgehead atoms. The first-order valence-electron chi connectivity index (χ1n) is 3.90. The van der Waals surface area contributed by atoms with Gasteiger partial charge < -0.3 is 15.6 Å². The van der Waals surface area contributed by atoms with E-state index in [1.807, 2.05) is 0 Å². The zero-order valence-electron chi connectivity index (χ0n) is 7.50. The molecule has 4 nitrogen and oxygen atoms in total.